The Hall–Kier alpha value is -3.57. The van der Waals surface area contributed by atoms with Gasteiger partial charge in [-0.2, -0.15) is 0 Å². The summed E-state index contributed by atoms with van der Waals surface area (Å²) in [7, 11) is 0. The van der Waals surface area contributed by atoms with Gasteiger partial charge in [0.05, 0.1) is 5.39 Å². The van der Waals surface area contributed by atoms with E-state index in [1.807, 2.05) is 12.4 Å². The van der Waals surface area contributed by atoms with Crippen molar-refractivity contribution in [2.75, 3.05) is 5.32 Å². The number of thiophene rings is 1. The number of aryl methyl sites for hydroxylation is 3. The van der Waals surface area contributed by atoms with E-state index < -0.39 is 0 Å². The standard InChI is InChI=1S/C27H24N4S/c1-17-4-7-22(14-18(17)2)24-19(3)32-27-25(24)26(29-16-30-27)31-23-8-5-20(6-9-23)15-21-10-12-28-13-11-21/h4-14,16H,15H2,1-3H3,(H,29,30,31). The fraction of sp³-hybridized carbons (Fsp3) is 0.148. The van der Waals surface area contributed by atoms with Crippen molar-refractivity contribution in [3.63, 3.8) is 0 Å². The zero-order valence-electron chi connectivity index (χ0n) is 18.4. The van der Waals surface area contributed by atoms with Gasteiger partial charge in [-0.25, -0.2) is 9.97 Å². The third-order valence-electron chi connectivity index (χ3n) is 5.83. The fourth-order valence-corrected chi connectivity index (χ4v) is 4.98. The molecule has 0 bridgehead atoms. The number of fused-ring (bicyclic) bond motifs is 1. The van der Waals surface area contributed by atoms with Crippen molar-refractivity contribution in [1.29, 1.82) is 0 Å². The van der Waals surface area contributed by atoms with Gasteiger partial charge in [-0.1, -0.05) is 30.3 Å². The molecule has 2 aromatic carbocycles. The molecule has 5 rings (SSSR count). The van der Waals surface area contributed by atoms with E-state index in [9.17, 15) is 0 Å². The van der Waals surface area contributed by atoms with Gasteiger partial charge in [0.15, 0.2) is 0 Å². The van der Waals surface area contributed by atoms with Crippen LogP contribution in [-0.2, 0) is 6.42 Å². The van der Waals surface area contributed by atoms with E-state index in [1.165, 1.54) is 38.3 Å². The molecule has 0 saturated heterocycles. The molecule has 0 atom stereocenters. The monoisotopic (exact) mass is 436 g/mol. The molecule has 0 fully saturated rings. The number of aromatic nitrogens is 3. The van der Waals surface area contributed by atoms with Crippen LogP contribution in [0.15, 0.2) is 73.3 Å². The van der Waals surface area contributed by atoms with Gasteiger partial charge < -0.3 is 5.32 Å². The summed E-state index contributed by atoms with van der Waals surface area (Å²) in [4.78, 5) is 15.5. The van der Waals surface area contributed by atoms with Gasteiger partial charge in [0.1, 0.15) is 17.0 Å². The predicted molar refractivity (Wildman–Crippen MR) is 134 cm³/mol. The largest absolute Gasteiger partial charge is 0.340 e. The first kappa shape index (κ1) is 20.3. The van der Waals surface area contributed by atoms with Crippen LogP contribution in [0.5, 0.6) is 0 Å². The van der Waals surface area contributed by atoms with E-state index in [4.69, 9.17) is 0 Å². The second-order valence-electron chi connectivity index (χ2n) is 8.09. The summed E-state index contributed by atoms with van der Waals surface area (Å²) >= 11 is 1.72. The van der Waals surface area contributed by atoms with Crippen LogP contribution in [-0.4, -0.2) is 15.0 Å². The third-order valence-corrected chi connectivity index (χ3v) is 6.85. The summed E-state index contributed by atoms with van der Waals surface area (Å²) in [6.45, 7) is 6.46. The highest BCUT2D eigenvalue weighted by atomic mass is 32.1. The van der Waals surface area contributed by atoms with Crippen LogP contribution >= 0.6 is 11.3 Å². The van der Waals surface area contributed by atoms with E-state index in [1.54, 1.807) is 17.7 Å². The van der Waals surface area contributed by atoms with Crippen molar-refractivity contribution in [3.05, 3.63) is 100 Å². The summed E-state index contributed by atoms with van der Waals surface area (Å²) in [5.74, 6) is 0.842. The minimum absolute atomic E-state index is 0.842. The minimum Gasteiger partial charge on any atom is -0.340 e. The number of hydrogen-bond acceptors (Lipinski definition) is 5. The summed E-state index contributed by atoms with van der Waals surface area (Å²) < 4.78 is 0. The van der Waals surface area contributed by atoms with E-state index >= 15 is 0 Å². The molecule has 158 valence electrons. The molecule has 5 heteroatoms. The smallest absolute Gasteiger partial charge is 0.143 e. The Balaban J connectivity index is 1.49. The van der Waals surface area contributed by atoms with Crippen molar-refractivity contribution >= 4 is 33.1 Å². The number of pyridine rings is 1. The van der Waals surface area contributed by atoms with Crippen molar-refractivity contribution in [1.82, 2.24) is 15.0 Å². The maximum absolute atomic E-state index is 4.61. The predicted octanol–water partition coefficient (Wildman–Crippen LogP) is 7.01. The maximum Gasteiger partial charge on any atom is 0.143 e. The van der Waals surface area contributed by atoms with Crippen molar-refractivity contribution in [3.8, 4) is 11.1 Å². The molecular formula is C27H24N4S. The number of rotatable bonds is 5. The lowest BCUT2D eigenvalue weighted by Crippen LogP contribution is -1.96. The van der Waals surface area contributed by atoms with Crippen LogP contribution in [0.3, 0.4) is 0 Å². The van der Waals surface area contributed by atoms with Gasteiger partial charge in [0.2, 0.25) is 0 Å². The van der Waals surface area contributed by atoms with Crippen LogP contribution in [0.25, 0.3) is 21.3 Å². The van der Waals surface area contributed by atoms with Crippen molar-refractivity contribution < 1.29 is 0 Å². The SMILES string of the molecule is Cc1ccc(-c2c(C)sc3ncnc(Nc4ccc(Cc5ccncc5)cc4)c23)cc1C. The van der Waals surface area contributed by atoms with Crippen LogP contribution in [0.1, 0.15) is 27.1 Å². The van der Waals surface area contributed by atoms with Crippen LogP contribution in [0.2, 0.25) is 0 Å². The molecule has 3 heterocycles. The van der Waals surface area contributed by atoms with Gasteiger partial charge in [-0.3, -0.25) is 4.98 Å². The average Bonchev–Trinajstić information content (AvgIpc) is 3.14. The lowest BCUT2D eigenvalue weighted by molar-refractivity contribution is 1.16. The molecule has 0 aliphatic carbocycles. The molecule has 0 aliphatic rings. The van der Waals surface area contributed by atoms with Crippen LogP contribution in [0, 0.1) is 20.8 Å². The van der Waals surface area contributed by atoms with Gasteiger partial charge in [0.25, 0.3) is 0 Å². The molecular weight excluding hydrogens is 412 g/mol. The molecule has 5 aromatic rings. The zero-order chi connectivity index (χ0) is 22.1. The van der Waals surface area contributed by atoms with Gasteiger partial charge >= 0.3 is 0 Å². The Morgan fingerprint density at radius 1 is 0.812 bits per heavy atom. The average molecular weight is 437 g/mol. The molecule has 0 radical (unpaired) electrons. The summed E-state index contributed by atoms with van der Waals surface area (Å²) in [6, 6.07) is 19.3. The highest BCUT2D eigenvalue weighted by Crippen LogP contribution is 2.41. The number of anilines is 2. The Labute approximate surface area is 192 Å². The number of nitrogens with zero attached hydrogens (tertiary/aromatic N) is 3. The molecule has 0 amide bonds. The van der Waals surface area contributed by atoms with Crippen LogP contribution in [0.4, 0.5) is 11.5 Å². The van der Waals surface area contributed by atoms with Gasteiger partial charge in [-0.15, -0.1) is 11.3 Å². The normalized spacial score (nSPS) is 11.1. The van der Waals surface area contributed by atoms with E-state index in [-0.39, 0.29) is 0 Å². The number of benzene rings is 2. The van der Waals surface area contributed by atoms with Gasteiger partial charge in [-0.05, 0) is 79.3 Å². The molecule has 0 saturated carbocycles. The highest BCUT2D eigenvalue weighted by Gasteiger charge is 2.17. The molecule has 32 heavy (non-hydrogen) atoms. The molecule has 0 spiro atoms. The fourth-order valence-electron chi connectivity index (χ4n) is 3.96. The molecule has 0 unspecified atom stereocenters. The molecule has 1 N–H and O–H groups in total. The molecule has 4 nitrogen and oxygen atoms in total. The molecule has 0 aliphatic heterocycles. The second kappa shape index (κ2) is 8.52. The van der Waals surface area contributed by atoms with E-state index in [2.05, 4.69) is 95.6 Å². The van der Waals surface area contributed by atoms with Crippen LogP contribution < -0.4 is 5.32 Å². The Bertz CT molecular complexity index is 1390. The number of nitrogens with one attached hydrogen (secondary N) is 1. The summed E-state index contributed by atoms with van der Waals surface area (Å²) in [5, 5.41) is 4.62. The van der Waals surface area contributed by atoms with E-state index in [0.29, 0.717) is 0 Å². The Kier molecular flexibility index (Phi) is 5.41. The summed E-state index contributed by atoms with van der Waals surface area (Å²) in [6.07, 6.45) is 6.20. The van der Waals surface area contributed by atoms with Crippen molar-refractivity contribution in [2.24, 2.45) is 0 Å². The highest BCUT2D eigenvalue weighted by molar-refractivity contribution is 7.19. The van der Waals surface area contributed by atoms with Crippen molar-refractivity contribution in [2.45, 2.75) is 27.2 Å². The van der Waals surface area contributed by atoms with Gasteiger partial charge in [0, 0.05) is 28.5 Å². The minimum atomic E-state index is 0.842. The first-order valence-electron chi connectivity index (χ1n) is 10.6. The lowest BCUT2D eigenvalue weighted by atomic mass is 9.99. The topological polar surface area (TPSA) is 50.7 Å². The number of hydrogen-bond donors (Lipinski definition) is 1. The quantitative estimate of drug-likeness (QED) is 0.322. The van der Waals surface area contributed by atoms with E-state index in [0.717, 1.165) is 28.1 Å². The second-order valence-corrected chi connectivity index (χ2v) is 9.29. The maximum atomic E-state index is 4.61. The Morgan fingerprint density at radius 2 is 1.56 bits per heavy atom. The summed E-state index contributed by atoms with van der Waals surface area (Å²) in [5.41, 5.74) is 8.54. The Morgan fingerprint density at radius 3 is 2.31 bits per heavy atom. The third kappa shape index (κ3) is 3.99. The zero-order valence-corrected chi connectivity index (χ0v) is 19.2. The lowest BCUT2D eigenvalue weighted by Gasteiger charge is -2.11. The molecule has 3 aromatic heterocycles. The first-order chi connectivity index (χ1) is 15.6. The first-order valence-corrected chi connectivity index (χ1v) is 11.5.